The minimum Gasteiger partial charge on any atom is -0.318 e. The van der Waals surface area contributed by atoms with Crippen molar-refractivity contribution in [1.82, 2.24) is 0 Å². The molecule has 0 aliphatic carbocycles. The van der Waals surface area contributed by atoms with Gasteiger partial charge in [-0.2, -0.15) is 0 Å². The molecule has 0 heterocycles. The van der Waals surface area contributed by atoms with Gasteiger partial charge in [-0.1, -0.05) is 228 Å². The monoisotopic (exact) mass is 1030 g/mol. The van der Waals surface area contributed by atoms with E-state index in [0.29, 0.717) is 28.6 Å². The van der Waals surface area contributed by atoms with Crippen LogP contribution in [0.4, 0.5) is 0 Å². The van der Waals surface area contributed by atoms with Crippen molar-refractivity contribution in [2.24, 2.45) is 31.7 Å². The first kappa shape index (κ1) is 61.1. The number of hydrogen-bond acceptors (Lipinski definition) is 15. The topological polar surface area (TPSA) is 193 Å². The minimum atomic E-state index is -0.610. The lowest BCUT2D eigenvalue weighted by molar-refractivity contribution is -0.150. The fraction of sp³-hybridized carbons (Fsp3) is 0.213. The van der Waals surface area contributed by atoms with E-state index < -0.39 is 17.9 Å². The zero-order valence-electron chi connectivity index (χ0n) is 44.0. The zero-order chi connectivity index (χ0) is 55.3. The van der Waals surface area contributed by atoms with Crippen molar-refractivity contribution < 1.29 is 48.2 Å². The SMILES string of the molecule is C=CC(=O)ON=C(C)c1ccccc1.CC(=NOC(=O)CCC(=O)ON=C(C)c1ccccc1)c1ccccc1.CC(=NOC(=O)Cc1ccccc1)c1ccccc1.CCC(CC)C(=O)O/N=C(/C)c1ccccc1. The van der Waals surface area contributed by atoms with Crippen LogP contribution in [0.5, 0.6) is 0 Å². The van der Waals surface area contributed by atoms with Gasteiger partial charge in [0.25, 0.3) is 0 Å². The standard InChI is InChI=1S/C20H20N2O4.C16H15NO2.C14H19NO2.C11H11NO2/c1-15(17-9-5-3-6-10-17)21-25-19(23)13-14-20(24)26-22-16(2)18-11-7-4-8-12-18;1-13(15-10-6-3-7-11-15)17-19-16(18)12-14-8-4-2-5-9-14;1-4-12(5-2)14(16)17-15-11(3)13-9-7-6-8-10-13;1-3-11(13)14-12-9(2)10-7-5-4-6-8-10/h3-12H,13-14H2,1-2H3;2-11H,12H2,1H3;6-10,12H,4-5H2,1-3H3;3-8H,1H2,2H3/b;;15-11-;. The molecule has 15 nitrogen and oxygen atoms in total. The van der Waals surface area contributed by atoms with Crippen molar-refractivity contribution in [3.8, 4) is 0 Å². The first-order valence-corrected chi connectivity index (χ1v) is 24.4. The Morgan fingerprint density at radius 2 is 0.658 bits per heavy atom. The van der Waals surface area contributed by atoms with Crippen LogP contribution in [0.15, 0.2) is 220 Å². The van der Waals surface area contributed by atoms with Gasteiger partial charge >= 0.3 is 29.8 Å². The molecule has 0 bridgehead atoms. The molecule has 0 saturated heterocycles. The molecule has 6 rings (SSSR count). The van der Waals surface area contributed by atoms with E-state index in [4.69, 9.17) is 19.4 Å². The summed E-state index contributed by atoms with van der Waals surface area (Å²) in [5, 5.41) is 18.9. The van der Waals surface area contributed by atoms with Gasteiger partial charge in [0.1, 0.15) is 0 Å². The molecule has 0 radical (unpaired) electrons. The summed E-state index contributed by atoms with van der Waals surface area (Å²) >= 11 is 0. The summed E-state index contributed by atoms with van der Waals surface area (Å²) in [5.74, 6) is -2.43. The predicted octanol–water partition coefficient (Wildman–Crippen LogP) is 12.4. The van der Waals surface area contributed by atoms with Crippen LogP contribution in [0.25, 0.3) is 0 Å². The summed E-state index contributed by atoms with van der Waals surface area (Å²) in [6, 6.07) is 56.9. The number of carbonyl (C=O) groups is 5. The van der Waals surface area contributed by atoms with Crippen LogP contribution in [0, 0.1) is 5.92 Å². The third kappa shape index (κ3) is 24.9. The second kappa shape index (κ2) is 35.8. The van der Waals surface area contributed by atoms with Crippen molar-refractivity contribution in [1.29, 1.82) is 0 Å². The summed E-state index contributed by atoms with van der Waals surface area (Å²) in [6.45, 7) is 16.1. The summed E-state index contributed by atoms with van der Waals surface area (Å²) in [6.07, 6.45) is 2.60. The molecule has 0 aliphatic heterocycles. The fourth-order valence-electron chi connectivity index (χ4n) is 6.07. The Balaban J connectivity index is 0.000000274. The molecule has 394 valence electrons. The molecule has 0 amide bonds. The Morgan fingerprint density at radius 3 is 0.947 bits per heavy atom. The van der Waals surface area contributed by atoms with Crippen molar-refractivity contribution >= 4 is 58.4 Å². The minimum absolute atomic E-state index is 0.0534. The highest BCUT2D eigenvalue weighted by atomic mass is 16.7. The number of nitrogens with zero attached hydrogens (tertiary/aromatic N) is 5. The number of oxime groups is 5. The molecule has 0 fully saturated rings. The normalized spacial score (nSPS) is 11.4. The largest absolute Gasteiger partial charge is 0.358 e. The van der Waals surface area contributed by atoms with Crippen LogP contribution in [0.3, 0.4) is 0 Å². The van der Waals surface area contributed by atoms with Crippen molar-refractivity contribution in [3.63, 3.8) is 0 Å². The number of carbonyl (C=O) groups excluding carboxylic acids is 5. The molecule has 6 aromatic rings. The highest BCUT2D eigenvalue weighted by Gasteiger charge is 2.16. The smallest absolute Gasteiger partial charge is 0.318 e. The highest BCUT2D eigenvalue weighted by molar-refractivity contribution is 6.01. The Bertz CT molecular complexity index is 2800. The summed E-state index contributed by atoms with van der Waals surface area (Å²) < 4.78 is 0. The van der Waals surface area contributed by atoms with Gasteiger partial charge in [0.05, 0.1) is 53.7 Å². The molecule has 0 aromatic heterocycles. The molecule has 0 saturated carbocycles. The van der Waals surface area contributed by atoms with Crippen molar-refractivity contribution in [2.75, 3.05) is 0 Å². The summed E-state index contributed by atoms with van der Waals surface area (Å²) in [7, 11) is 0. The summed E-state index contributed by atoms with van der Waals surface area (Å²) in [4.78, 5) is 81.3. The van der Waals surface area contributed by atoms with Gasteiger partial charge in [-0.25, -0.2) is 24.0 Å². The maximum Gasteiger partial charge on any atom is 0.358 e. The van der Waals surface area contributed by atoms with Gasteiger partial charge in [-0.3, -0.25) is 0 Å². The van der Waals surface area contributed by atoms with Gasteiger partial charge in [0, 0.05) is 6.08 Å². The molecule has 0 unspecified atom stereocenters. The number of rotatable bonds is 19. The molecule has 0 spiro atoms. The molecule has 76 heavy (non-hydrogen) atoms. The second-order valence-electron chi connectivity index (χ2n) is 16.3. The average molecular weight is 1030 g/mol. The molecule has 6 aromatic carbocycles. The van der Waals surface area contributed by atoms with Gasteiger partial charge < -0.3 is 24.2 Å². The molecule has 0 N–H and O–H groups in total. The predicted molar refractivity (Wildman–Crippen MR) is 297 cm³/mol. The van der Waals surface area contributed by atoms with Crippen molar-refractivity contribution in [2.45, 2.75) is 80.6 Å². The number of benzene rings is 6. The van der Waals surface area contributed by atoms with Crippen LogP contribution in [0.2, 0.25) is 0 Å². The molecule has 0 aliphatic rings. The van der Waals surface area contributed by atoms with E-state index in [9.17, 15) is 24.0 Å². The Labute approximate surface area is 445 Å². The first-order chi connectivity index (χ1) is 36.7. The van der Waals surface area contributed by atoms with E-state index in [0.717, 1.165) is 52.3 Å². The lowest BCUT2D eigenvalue weighted by atomic mass is 10.0. The lowest BCUT2D eigenvalue weighted by Gasteiger charge is -2.08. The highest BCUT2D eigenvalue weighted by Crippen LogP contribution is 2.11. The first-order valence-electron chi connectivity index (χ1n) is 24.4. The fourth-order valence-corrected chi connectivity index (χ4v) is 6.07. The third-order valence-electron chi connectivity index (χ3n) is 10.6. The Kier molecular flexibility index (Phi) is 28.8. The average Bonchev–Trinajstić information content (AvgIpc) is 3.47. The van der Waals surface area contributed by atoms with Crippen LogP contribution < -0.4 is 0 Å². The quantitative estimate of drug-likeness (QED) is 0.0326. The maximum absolute atomic E-state index is 11.7. The van der Waals surface area contributed by atoms with Gasteiger partial charge in [0.15, 0.2) is 0 Å². The van der Waals surface area contributed by atoms with Gasteiger partial charge in [-0.15, -0.1) is 0 Å². The van der Waals surface area contributed by atoms with E-state index in [1.165, 1.54) is 0 Å². The van der Waals surface area contributed by atoms with E-state index >= 15 is 0 Å². The summed E-state index contributed by atoms with van der Waals surface area (Å²) in [5.41, 5.74) is 8.64. The van der Waals surface area contributed by atoms with Crippen LogP contribution in [-0.4, -0.2) is 58.4 Å². The van der Waals surface area contributed by atoms with E-state index in [1.54, 1.807) is 20.8 Å². The van der Waals surface area contributed by atoms with Crippen LogP contribution in [0.1, 0.15) is 108 Å². The molecular formula is C61H65N5O10. The van der Waals surface area contributed by atoms with E-state index in [2.05, 4.69) is 37.2 Å². The second-order valence-corrected chi connectivity index (χ2v) is 16.3. The van der Waals surface area contributed by atoms with Crippen molar-refractivity contribution in [3.05, 3.63) is 228 Å². The maximum atomic E-state index is 11.7. The van der Waals surface area contributed by atoms with E-state index in [-0.39, 0.29) is 37.1 Å². The molecule has 15 heteroatoms. The third-order valence-corrected chi connectivity index (χ3v) is 10.6. The van der Waals surface area contributed by atoms with E-state index in [1.807, 2.05) is 210 Å². The lowest BCUT2D eigenvalue weighted by Crippen LogP contribution is -2.14. The molecular weight excluding hydrogens is 963 g/mol. The zero-order valence-corrected chi connectivity index (χ0v) is 44.0. The Morgan fingerprint density at radius 1 is 0.395 bits per heavy atom. The van der Waals surface area contributed by atoms with Gasteiger partial charge in [0.2, 0.25) is 0 Å². The molecule has 0 atom stereocenters. The van der Waals surface area contributed by atoms with Crippen LogP contribution in [-0.2, 0) is 54.6 Å². The number of hydrogen-bond donors (Lipinski definition) is 0. The van der Waals surface area contributed by atoms with Crippen LogP contribution >= 0.6 is 0 Å². The Hall–Kier alpha value is -9.24. The van der Waals surface area contributed by atoms with Gasteiger partial charge in [-0.05, 0) is 80.8 Å².